The second-order valence-corrected chi connectivity index (χ2v) is 5.77. The zero-order valence-electron chi connectivity index (χ0n) is 13.4. The summed E-state index contributed by atoms with van der Waals surface area (Å²) in [7, 11) is 0. The lowest BCUT2D eigenvalue weighted by Gasteiger charge is -2.02. The van der Waals surface area contributed by atoms with Gasteiger partial charge in [0.2, 0.25) is 0 Å². The molecule has 3 rings (SSSR count). The first-order valence-corrected chi connectivity index (χ1v) is 7.49. The van der Waals surface area contributed by atoms with Crippen LogP contribution in [0, 0.1) is 18.3 Å². The fourth-order valence-corrected chi connectivity index (χ4v) is 2.39. The van der Waals surface area contributed by atoms with Gasteiger partial charge in [-0.05, 0) is 42.7 Å². The number of aromatic nitrogens is 2. The summed E-state index contributed by atoms with van der Waals surface area (Å²) in [6, 6.07) is 13.2. The van der Waals surface area contributed by atoms with Gasteiger partial charge in [0, 0.05) is 6.20 Å². The normalized spacial score (nSPS) is 11.4. The predicted molar refractivity (Wildman–Crippen MR) is 89.4 cm³/mol. The molecule has 0 fully saturated rings. The van der Waals surface area contributed by atoms with Crippen LogP contribution in [0.15, 0.2) is 52.8 Å². The van der Waals surface area contributed by atoms with Crippen molar-refractivity contribution in [2.24, 2.45) is 10.2 Å². The predicted octanol–water partition coefficient (Wildman–Crippen LogP) is 5.05. The Bertz CT molecular complexity index is 928. The highest BCUT2D eigenvalue weighted by Gasteiger charge is 2.15. The Balaban J connectivity index is 2.10. The molecule has 0 N–H and O–H groups in total. The van der Waals surface area contributed by atoms with Crippen LogP contribution in [0.5, 0.6) is 0 Å². The topological polar surface area (TPSA) is 65.8 Å². The van der Waals surface area contributed by atoms with Gasteiger partial charge in [0.25, 0.3) is 0 Å². The summed E-state index contributed by atoms with van der Waals surface area (Å²) in [6.45, 7) is 6.21. The summed E-state index contributed by atoms with van der Waals surface area (Å²) in [5.74, 6) is 0.982. The number of imidazole rings is 1. The van der Waals surface area contributed by atoms with Crippen molar-refractivity contribution in [3.63, 3.8) is 0 Å². The van der Waals surface area contributed by atoms with Gasteiger partial charge >= 0.3 is 0 Å². The molecule has 5 heteroatoms. The summed E-state index contributed by atoms with van der Waals surface area (Å²) in [4.78, 5) is 4.66. The third kappa shape index (κ3) is 2.97. The van der Waals surface area contributed by atoms with Crippen LogP contribution in [0.4, 0.5) is 11.5 Å². The summed E-state index contributed by atoms with van der Waals surface area (Å²) >= 11 is 0. The first kappa shape index (κ1) is 14.9. The molecule has 3 aromatic rings. The number of rotatable bonds is 3. The average molecular weight is 303 g/mol. The van der Waals surface area contributed by atoms with Crippen LogP contribution in [0.3, 0.4) is 0 Å². The van der Waals surface area contributed by atoms with Crippen LogP contribution in [-0.4, -0.2) is 9.38 Å². The Kier molecular flexibility index (Phi) is 3.90. The molecule has 2 heterocycles. The molecule has 0 unspecified atom stereocenters. The van der Waals surface area contributed by atoms with Crippen LogP contribution < -0.4 is 0 Å². The maximum atomic E-state index is 8.97. The van der Waals surface area contributed by atoms with Gasteiger partial charge in [0.15, 0.2) is 5.82 Å². The fraction of sp³-hybridized carbons (Fsp3) is 0.222. The molecular weight excluding hydrogens is 286 g/mol. The van der Waals surface area contributed by atoms with E-state index in [1.807, 2.05) is 35.7 Å². The Morgan fingerprint density at radius 2 is 2.00 bits per heavy atom. The number of fused-ring (bicyclic) bond motifs is 1. The van der Waals surface area contributed by atoms with Gasteiger partial charge in [-0.25, -0.2) is 4.98 Å². The minimum Gasteiger partial charge on any atom is -0.283 e. The van der Waals surface area contributed by atoms with E-state index in [2.05, 4.69) is 35.1 Å². The van der Waals surface area contributed by atoms with E-state index < -0.39 is 0 Å². The highest BCUT2D eigenvalue weighted by atomic mass is 15.2. The van der Waals surface area contributed by atoms with E-state index in [1.54, 1.807) is 18.2 Å². The van der Waals surface area contributed by atoms with E-state index in [9.17, 15) is 0 Å². The molecule has 0 saturated carbocycles. The van der Waals surface area contributed by atoms with Crippen molar-refractivity contribution in [2.75, 3.05) is 0 Å². The van der Waals surface area contributed by atoms with Crippen LogP contribution in [-0.2, 0) is 0 Å². The Labute approximate surface area is 134 Å². The summed E-state index contributed by atoms with van der Waals surface area (Å²) in [5.41, 5.74) is 4.13. The first-order chi connectivity index (χ1) is 11.1. The molecule has 0 radical (unpaired) electrons. The zero-order valence-corrected chi connectivity index (χ0v) is 13.4. The highest BCUT2D eigenvalue weighted by Crippen LogP contribution is 2.29. The number of pyridine rings is 1. The average Bonchev–Trinajstić information content (AvgIpc) is 2.91. The first-order valence-electron chi connectivity index (χ1n) is 7.49. The quantitative estimate of drug-likeness (QED) is 0.635. The van der Waals surface area contributed by atoms with E-state index in [-0.39, 0.29) is 5.92 Å². The number of hydrogen-bond acceptors (Lipinski definition) is 4. The van der Waals surface area contributed by atoms with Crippen molar-refractivity contribution in [1.82, 2.24) is 9.38 Å². The number of azo groups is 1. The number of nitrogens with zero attached hydrogens (tertiary/aromatic N) is 5. The maximum Gasteiger partial charge on any atom is 0.183 e. The van der Waals surface area contributed by atoms with E-state index in [1.165, 1.54) is 0 Å². The minimum atomic E-state index is 0.245. The van der Waals surface area contributed by atoms with Crippen molar-refractivity contribution >= 4 is 17.2 Å². The molecule has 0 aliphatic heterocycles. The van der Waals surface area contributed by atoms with Gasteiger partial charge in [-0.1, -0.05) is 26.0 Å². The molecule has 1 aromatic carbocycles. The van der Waals surface area contributed by atoms with Crippen molar-refractivity contribution in [3.8, 4) is 6.07 Å². The van der Waals surface area contributed by atoms with Gasteiger partial charge < -0.3 is 0 Å². The molecule has 0 spiro atoms. The second kappa shape index (κ2) is 6.01. The van der Waals surface area contributed by atoms with Crippen molar-refractivity contribution in [3.05, 3.63) is 59.4 Å². The highest BCUT2D eigenvalue weighted by molar-refractivity contribution is 5.54. The number of aryl methyl sites for hydroxylation is 1. The smallest absolute Gasteiger partial charge is 0.183 e. The fourth-order valence-electron chi connectivity index (χ4n) is 2.39. The molecule has 2 aromatic heterocycles. The third-order valence-corrected chi connectivity index (χ3v) is 3.55. The number of nitriles is 1. The largest absolute Gasteiger partial charge is 0.283 e. The van der Waals surface area contributed by atoms with Crippen molar-refractivity contribution < 1.29 is 0 Å². The molecule has 0 amide bonds. The van der Waals surface area contributed by atoms with Crippen molar-refractivity contribution in [2.45, 2.75) is 26.7 Å². The molecule has 0 bridgehead atoms. The Morgan fingerprint density at radius 1 is 1.17 bits per heavy atom. The molecule has 5 nitrogen and oxygen atoms in total. The lowest BCUT2D eigenvalue weighted by molar-refractivity contribution is 0.831. The molecule has 0 aliphatic rings. The third-order valence-electron chi connectivity index (χ3n) is 3.55. The maximum absolute atomic E-state index is 8.97. The molecule has 114 valence electrons. The van der Waals surface area contributed by atoms with Gasteiger partial charge in [-0.15, -0.1) is 10.2 Å². The standard InChI is InChI=1S/C18H17N5/c1-12(2)17-18(23-11-13(3)7-8-16(23)20-17)22-21-15-6-4-5-14(9-15)10-19/h4-9,11-12H,1-3H3. The lowest BCUT2D eigenvalue weighted by Crippen LogP contribution is -1.88. The van der Waals surface area contributed by atoms with Gasteiger partial charge in [-0.3, -0.25) is 4.40 Å². The van der Waals surface area contributed by atoms with Gasteiger partial charge in [0.1, 0.15) is 5.65 Å². The number of benzene rings is 1. The molecule has 23 heavy (non-hydrogen) atoms. The molecule has 0 atom stereocenters. The van der Waals surface area contributed by atoms with Gasteiger partial charge in [-0.2, -0.15) is 5.26 Å². The molecular formula is C18H17N5. The zero-order chi connectivity index (χ0) is 16.4. The van der Waals surface area contributed by atoms with E-state index >= 15 is 0 Å². The van der Waals surface area contributed by atoms with Crippen LogP contribution in [0.1, 0.15) is 36.6 Å². The molecule has 0 saturated heterocycles. The van der Waals surface area contributed by atoms with Crippen LogP contribution in [0.25, 0.3) is 5.65 Å². The van der Waals surface area contributed by atoms with Crippen LogP contribution >= 0.6 is 0 Å². The number of hydrogen-bond donors (Lipinski definition) is 0. The van der Waals surface area contributed by atoms with E-state index in [4.69, 9.17) is 5.26 Å². The summed E-state index contributed by atoms with van der Waals surface area (Å²) in [5, 5.41) is 17.7. The molecule has 0 aliphatic carbocycles. The summed E-state index contributed by atoms with van der Waals surface area (Å²) in [6.07, 6.45) is 2.01. The SMILES string of the molecule is Cc1ccc2nc(C(C)C)c(N=Nc3cccc(C#N)c3)n2c1. The lowest BCUT2D eigenvalue weighted by atomic mass is 10.1. The van der Waals surface area contributed by atoms with Gasteiger partial charge in [0.05, 0.1) is 23.0 Å². The van der Waals surface area contributed by atoms with E-state index in [0.29, 0.717) is 11.3 Å². The minimum absolute atomic E-state index is 0.245. The monoisotopic (exact) mass is 303 g/mol. The second-order valence-electron chi connectivity index (χ2n) is 5.77. The Hall–Kier alpha value is -3.00. The van der Waals surface area contributed by atoms with Crippen molar-refractivity contribution in [1.29, 1.82) is 5.26 Å². The summed E-state index contributed by atoms with van der Waals surface area (Å²) < 4.78 is 1.96. The Morgan fingerprint density at radius 3 is 2.74 bits per heavy atom. The van der Waals surface area contributed by atoms with Crippen LogP contribution in [0.2, 0.25) is 0 Å². The van der Waals surface area contributed by atoms with E-state index in [0.717, 1.165) is 22.7 Å².